The maximum Gasteiger partial charge on any atom is 0.573 e. The molecule has 0 unspecified atom stereocenters. The fourth-order valence-electron chi connectivity index (χ4n) is 2.99. The molecule has 0 spiro atoms. The van der Waals surface area contributed by atoms with Gasteiger partial charge < -0.3 is 4.74 Å². The second-order valence-corrected chi connectivity index (χ2v) is 6.25. The van der Waals surface area contributed by atoms with E-state index < -0.39 is 46.3 Å². The Morgan fingerprint density at radius 3 is 2.14 bits per heavy atom. The van der Waals surface area contributed by atoms with Crippen molar-refractivity contribution in [2.45, 2.75) is 19.2 Å². The molecule has 3 aromatic carbocycles. The van der Waals surface area contributed by atoms with Gasteiger partial charge in [-0.05, 0) is 53.6 Å². The van der Waals surface area contributed by atoms with Crippen molar-refractivity contribution in [2.24, 2.45) is 0 Å². The van der Waals surface area contributed by atoms with E-state index in [2.05, 4.69) is 11.3 Å². The molecule has 152 valence electrons. The number of allylic oxidation sites excluding steroid dienone is 1. The third-order valence-electron chi connectivity index (χ3n) is 4.23. The van der Waals surface area contributed by atoms with Crippen LogP contribution in [0.25, 0.3) is 21.9 Å². The first-order chi connectivity index (χ1) is 13.6. The summed E-state index contributed by atoms with van der Waals surface area (Å²) in [7, 11) is 0. The van der Waals surface area contributed by atoms with Gasteiger partial charge in [-0.3, -0.25) is 0 Å². The Balaban J connectivity index is 2.09. The summed E-state index contributed by atoms with van der Waals surface area (Å²) in [6.45, 7) is 3.53. The summed E-state index contributed by atoms with van der Waals surface area (Å²) in [5.74, 6) is -6.50. The molecule has 0 heterocycles. The Bertz CT molecular complexity index is 1060. The lowest BCUT2D eigenvalue weighted by molar-refractivity contribution is -0.276. The van der Waals surface area contributed by atoms with E-state index in [0.717, 1.165) is 30.3 Å². The zero-order valence-electron chi connectivity index (χ0n) is 14.7. The van der Waals surface area contributed by atoms with Crippen LogP contribution in [0, 0.1) is 23.3 Å². The smallest absolute Gasteiger partial charge is 0.399 e. The van der Waals surface area contributed by atoms with Gasteiger partial charge in [-0.2, -0.15) is 0 Å². The second-order valence-electron chi connectivity index (χ2n) is 6.25. The summed E-state index contributed by atoms with van der Waals surface area (Å²) in [6.07, 6.45) is -2.77. The van der Waals surface area contributed by atoms with Crippen LogP contribution >= 0.6 is 0 Å². The van der Waals surface area contributed by atoms with Gasteiger partial charge in [0.05, 0.1) is 5.56 Å². The van der Waals surface area contributed by atoms with Crippen LogP contribution in [0.5, 0.6) is 5.75 Å². The number of benzene rings is 3. The number of hydrogen-bond acceptors (Lipinski definition) is 1. The molecule has 3 rings (SSSR count). The molecular weight excluding hydrogens is 401 g/mol. The van der Waals surface area contributed by atoms with Crippen LogP contribution < -0.4 is 4.74 Å². The Morgan fingerprint density at radius 1 is 0.897 bits per heavy atom. The maximum atomic E-state index is 14.5. The van der Waals surface area contributed by atoms with Gasteiger partial charge in [0.15, 0.2) is 11.6 Å². The quantitative estimate of drug-likeness (QED) is 0.320. The fourth-order valence-corrected chi connectivity index (χ4v) is 2.99. The number of hydrogen-bond donors (Lipinski definition) is 0. The molecule has 0 N–H and O–H groups in total. The van der Waals surface area contributed by atoms with Crippen molar-refractivity contribution >= 4 is 10.8 Å². The lowest BCUT2D eigenvalue weighted by Gasteiger charge is -2.13. The largest absolute Gasteiger partial charge is 0.573 e. The van der Waals surface area contributed by atoms with Gasteiger partial charge in [0.2, 0.25) is 5.75 Å². The molecule has 0 aliphatic heterocycles. The predicted octanol–water partition coefficient (Wildman–Crippen LogP) is 7.08. The van der Waals surface area contributed by atoms with Crippen LogP contribution in [-0.4, -0.2) is 6.36 Å². The number of alkyl halides is 3. The zero-order chi connectivity index (χ0) is 21.3. The third kappa shape index (κ3) is 4.36. The van der Waals surface area contributed by atoms with E-state index in [1.165, 1.54) is 0 Å². The van der Waals surface area contributed by atoms with Crippen molar-refractivity contribution in [3.05, 3.63) is 77.9 Å². The summed E-state index contributed by atoms with van der Waals surface area (Å²) in [5.41, 5.74) is -0.0211. The zero-order valence-corrected chi connectivity index (χ0v) is 14.7. The molecule has 3 aromatic rings. The van der Waals surface area contributed by atoms with Crippen LogP contribution in [0.15, 0.2) is 49.1 Å². The highest BCUT2D eigenvalue weighted by atomic mass is 19.4. The monoisotopic (exact) mass is 414 g/mol. The molecule has 0 aromatic heterocycles. The van der Waals surface area contributed by atoms with Crippen molar-refractivity contribution in [3.63, 3.8) is 0 Å². The SMILES string of the molecule is C=CCCc1cc(F)c(-c2ccc3c(F)c(OC(F)(F)F)c(F)cc3c2)c(F)c1. The Morgan fingerprint density at radius 2 is 1.55 bits per heavy atom. The lowest BCUT2D eigenvalue weighted by Crippen LogP contribution is -2.19. The first-order valence-electron chi connectivity index (χ1n) is 8.37. The summed E-state index contributed by atoms with van der Waals surface area (Å²) in [6, 6.07) is 6.13. The average molecular weight is 414 g/mol. The molecule has 1 nitrogen and oxygen atoms in total. The summed E-state index contributed by atoms with van der Waals surface area (Å²) in [4.78, 5) is 0. The van der Waals surface area contributed by atoms with E-state index in [1.807, 2.05) is 0 Å². The van der Waals surface area contributed by atoms with Crippen LogP contribution in [-0.2, 0) is 6.42 Å². The van der Waals surface area contributed by atoms with Crippen molar-refractivity contribution in [1.82, 2.24) is 0 Å². The molecule has 0 fully saturated rings. The minimum absolute atomic E-state index is 0.0222. The summed E-state index contributed by atoms with van der Waals surface area (Å²) >= 11 is 0. The molecule has 0 saturated heterocycles. The maximum absolute atomic E-state index is 14.5. The number of ether oxygens (including phenoxy) is 1. The number of halogens is 7. The molecule has 0 bridgehead atoms. The van der Waals surface area contributed by atoms with Gasteiger partial charge in [0, 0.05) is 5.39 Å². The van der Waals surface area contributed by atoms with Gasteiger partial charge in [-0.15, -0.1) is 19.8 Å². The minimum atomic E-state index is -5.28. The Hall–Kier alpha value is -3.03. The molecule has 0 amide bonds. The molecule has 0 saturated carbocycles. The standard InChI is InChI=1S/C21H13F7O/c1-2-3-4-11-7-15(22)18(16(23)8-11)12-5-6-14-13(9-12)10-17(24)20(19(14)25)29-21(26,27)28/h2,5-10H,1,3-4H2. The molecule has 8 heteroatoms. The van der Waals surface area contributed by atoms with Crippen molar-refractivity contribution in [3.8, 4) is 16.9 Å². The second kappa shape index (κ2) is 7.77. The first-order valence-corrected chi connectivity index (χ1v) is 8.37. The van der Waals surface area contributed by atoms with Gasteiger partial charge in [-0.1, -0.05) is 18.2 Å². The van der Waals surface area contributed by atoms with Gasteiger partial charge in [-0.25, -0.2) is 17.6 Å². The number of aryl methyl sites for hydroxylation is 1. The highest BCUT2D eigenvalue weighted by Crippen LogP contribution is 2.36. The highest BCUT2D eigenvalue weighted by molar-refractivity contribution is 5.89. The third-order valence-corrected chi connectivity index (χ3v) is 4.23. The van der Waals surface area contributed by atoms with Crippen molar-refractivity contribution in [1.29, 1.82) is 0 Å². The van der Waals surface area contributed by atoms with Gasteiger partial charge >= 0.3 is 6.36 Å². The minimum Gasteiger partial charge on any atom is -0.399 e. The van der Waals surface area contributed by atoms with Gasteiger partial charge in [0.25, 0.3) is 0 Å². The highest BCUT2D eigenvalue weighted by Gasteiger charge is 2.34. The first kappa shape index (κ1) is 20.7. The molecular formula is C21H13F7O. The van der Waals surface area contributed by atoms with Gasteiger partial charge in [0.1, 0.15) is 11.6 Å². The van der Waals surface area contributed by atoms with Crippen LogP contribution in [0.3, 0.4) is 0 Å². The molecule has 0 aliphatic rings. The average Bonchev–Trinajstić information content (AvgIpc) is 2.62. The van der Waals surface area contributed by atoms with E-state index in [0.29, 0.717) is 24.5 Å². The van der Waals surface area contributed by atoms with Crippen LogP contribution in [0.1, 0.15) is 12.0 Å². The molecule has 0 radical (unpaired) electrons. The summed E-state index contributed by atoms with van der Waals surface area (Å²) in [5, 5.41) is -0.570. The van der Waals surface area contributed by atoms with E-state index in [9.17, 15) is 30.7 Å². The van der Waals surface area contributed by atoms with Crippen molar-refractivity contribution in [2.75, 3.05) is 0 Å². The summed E-state index contributed by atoms with van der Waals surface area (Å²) < 4.78 is 97.6. The van der Waals surface area contributed by atoms with E-state index >= 15 is 0 Å². The topological polar surface area (TPSA) is 9.23 Å². The van der Waals surface area contributed by atoms with E-state index in [1.54, 1.807) is 6.08 Å². The van der Waals surface area contributed by atoms with Crippen LogP contribution in [0.2, 0.25) is 0 Å². The Kier molecular flexibility index (Phi) is 5.55. The molecule has 29 heavy (non-hydrogen) atoms. The molecule has 0 atom stereocenters. The lowest BCUT2D eigenvalue weighted by atomic mass is 9.97. The number of rotatable bonds is 5. The normalized spacial score (nSPS) is 11.7. The van der Waals surface area contributed by atoms with E-state index in [-0.39, 0.29) is 10.9 Å². The number of fused-ring (bicyclic) bond motifs is 1. The predicted molar refractivity (Wildman–Crippen MR) is 94.4 cm³/mol. The Labute approximate surface area is 161 Å². The molecule has 0 aliphatic carbocycles. The fraction of sp³-hybridized carbons (Fsp3) is 0.143. The van der Waals surface area contributed by atoms with E-state index in [4.69, 9.17) is 0 Å². The van der Waals surface area contributed by atoms with Crippen molar-refractivity contribution < 1.29 is 35.5 Å². The van der Waals surface area contributed by atoms with Crippen LogP contribution in [0.4, 0.5) is 30.7 Å².